The summed E-state index contributed by atoms with van der Waals surface area (Å²) in [7, 11) is 1.38. The number of nitrogens with one attached hydrogen (secondary N) is 1. The first-order chi connectivity index (χ1) is 9.14. The minimum atomic E-state index is -0.322. The number of methoxy groups -OCH3 is 1. The van der Waals surface area contributed by atoms with Gasteiger partial charge in [-0.3, -0.25) is 4.79 Å². The summed E-state index contributed by atoms with van der Waals surface area (Å²) in [5.74, 6) is -0.161. The summed E-state index contributed by atoms with van der Waals surface area (Å²) in [6.07, 6.45) is 3.49. The normalized spacial score (nSPS) is 25.0. The number of amides is 1. The molecule has 1 aliphatic carbocycles. The number of carbonyl (C=O) groups is 2. The lowest BCUT2D eigenvalue weighted by molar-refractivity contribution is -0.133. The highest BCUT2D eigenvalue weighted by Gasteiger charge is 2.44. The Morgan fingerprint density at radius 1 is 1.32 bits per heavy atom. The lowest BCUT2D eigenvalue weighted by atomic mass is 9.77. The third-order valence-corrected chi connectivity index (χ3v) is 4.28. The van der Waals surface area contributed by atoms with E-state index in [0.29, 0.717) is 5.56 Å². The van der Waals surface area contributed by atoms with Crippen molar-refractivity contribution in [2.75, 3.05) is 13.7 Å². The first-order valence-corrected chi connectivity index (χ1v) is 6.63. The van der Waals surface area contributed by atoms with Crippen LogP contribution in [0.3, 0.4) is 0 Å². The average Bonchev–Trinajstić information content (AvgIpc) is 2.79. The molecule has 19 heavy (non-hydrogen) atoms. The third kappa shape index (κ3) is 1.91. The molecule has 4 heteroatoms. The van der Waals surface area contributed by atoms with Crippen molar-refractivity contribution in [2.45, 2.75) is 25.7 Å². The van der Waals surface area contributed by atoms with Crippen molar-refractivity contribution in [3.8, 4) is 0 Å². The molecule has 1 atom stereocenters. The molecule has 1 N–H and O–H groups in total. The maximum absolute atomic E-state index is 12.2. The highest BCUT2D eigenvalue weighted by molar-refractivity contribution is 5.90. The maximum Gasteiger partial charge on any atom is 0.337 e. The van der Waals surface area contributed by atoms with Gasteiger partial charge in [-0.1, -0.05) is 6.07 Å². The summed E-state index contributed by atoms with van der Waals surface area (Å²) in [4.78, 5) is 23.7. The monoisotopic (exact) mass is 259 g/mol. The molecule has 4 nitrogen and oxygen atoms in total. The van der Waals surface area contributed by atoms with Crippen LogP contribution >= 0.6 is 0 Å². The van der Waals surface area contributed by atoms with Gasteiger partial charge in [0.1, 0.15) is 0 Å². The molecule has 1 spiro atoms. The SMILES string of the molecule is COC(=O)c1ccc2c(c1)C[C@]1(CCCNC1=O)C2. The van der Waals surface area contributed by atoms with Gasteiger partial charge in [-0.05, 0) is 48.9 Å². The van der Waals surface area contributed by atoms with Crippen molar-refractivity contribution in [3.05, 3.63) is 34.9 Å². The smallest absolute Gasteiger partial charge is 0.337 e. The third-order valence-electron chi connectivity index (χ3n) is 4.28. The molecule has 0 radical (unpaired) electrons. The first-order valence-electron chi connectivity index (χ1n) is 6.63. The van der Waals surface area contributed by atoms with Gasteiger partial charge >= 0.3 is 5.97 Å². The number of piperidine rings is 1. The predicted octanol–water partition coefficient (Wildman–Crippen LogP) is 1.47. The highest BCUT2D eigenvalue weighted by Crippen LogP contribution is 2.42. The van der Waals surface area contributed by atoms with Gasteiger partial charge in [-0.25, -0.2) is 4.79 Å². The summed E-state index contributed by atoms with van der Waals surface area (Å²) in [6.45, 7) is 0.782. The van der Waals surface area contributed by atoms with E-state index in [4.69, 9.17) is 4.74 Å². The van der Waals surface area contributed by atoms with Crippen LogP contribution in [-0.2, 0) is 22.4 Å². The molecule has 1 saturated heterocycles. The summed E-state index contributed by atoms with van der Waals surface area (Å²) in [5, 5.41) is 2.97. The Kier molecular flexibility index (Phi) is 2.81. The molecule has 100 valence electrons. The molecule has 1 amide bonds. The fourth-order valence-electron chi connectivity index (χ4n) is 3.27. The van der Waals surface area contributed by atoms with Crippen LogP contribution < -0.4 is 5.32 Å². The Hall–Kier alpha value is -1.84. The first kappa shape index (κ1) is 12.2. The summed E-state index contributed by atoms with van der Waals surface area (Å²) in [6, 6.07) is 5.61. The predicted molar refractivity (Wildman–Crippen MR) is 69.9 cm³/mol. The molecule has 1 aromatic rings. The highest BCUT2D eigenvalue weighted by atomic mass is 16.5. The zero-order valence-corrected chi connectivity index (χ0v) is 11.0. The summed E-state index contributed by atoms with van der Waals surface area (Å²) < 4.78 is 4.74. The minimum Gasteiger partial charge on any atom is -0.465 e. The Bertz CT molecular complexity index is 552. The average molecular weight is 259 g/mol. The van der Waals surface area contributed by atoms with Crippen LogP contribution in [0.25, 0.3) is 0 Å². The molecule has 0 saturated carbocycles. The van der Waals surface area contributed by atoms with Gasteiger partial charge in [0.05, 0.1) is 18.1 Å². The van der Waals surface area contributed by atoms with E-state index in [0.717, 1.165) is 37.8 Å². The maximum atomic E-state index is 12.2. The van der Waals surface area contributed by atoms with Crippen LogP contribution in [-0.4, -0.2) is 25.5 Å². The molecule has 1 heterocycles. The molecule has 1 aromatic carbocycles. The number of benzene rings is 1. The van der Waals surface area contributed by atoms with Crippen LogP contribution in [0.15, 0.2) is 18.2 Å². The molecule has 3 rings (SSSR count). The van der Waals surface area contributed by atoms with Crippen molar-refractivity contribution in [1.82, 2.24) is 5.32 Å². The number of fused-ring (bicyclic) bond motifs is 1. The molecular formula is C15H17NO3. The van der Waals surface area contributed by atoms with Gasteiger partial charge in [0.15, 0.2) is 0 Å². The van der Waals surface area contributed by atoms with E-state index in [1.165, 1.54) is 12.7 Å². The van der Waals surface area contributed by atoms with Crippen LogP contribution in [0.2, 0.25) is 0 Å². The van der Waals surface area contributed by atoms with Gasteiger partial charge < -0.3 is 10.1 Å². The number of rotatable bonds is 1. The second-order valence-corrected chi connectivity index (χ2v) is 5.47. The van der Waals surface area contributed by atoms with E-state index in [1.807, 2.05) is 12.1 Å². The van der Waals surface area contributed by atoms with Gasteiger partial charge in [0.2, 0.25) is 5.91 Å². The van der Waals surface area contributed by atoms with Crippen molar-refractivity contribution in [1.29, 1.82) is 0 Å². The van der Waals surface area contributed by atoms with Crippen LogP contribution in [0.4, 0.5) is 0 Å². The Labute approximate surface area is 112 Å². The standard InChI is InChI=1S/C15H17NO3/c1-19-13(17)10-3-4-11-8-15(9-12(11)7-10)5-2-6-16-14(15)18/h3-4,7H,2,5-6,8-9H2,1H3,(H,16,18)/t15-/m0/s1. The van der Waals surface area contributed by atoms with Crippen LogP contribution in [0, 0.1) is 5.41 Å². The second kappa shape index (κ2) is 4.37. The zero-order chi connectivity index (χ0) is 13.5. The number of hydrogen-bond acceptors (Lipinski definition) is 3. The van der Waals surface area contributed by atoms with E-state index in [-0.39, 0.29) is 17.3 Å². The second-order valence-electron chi connectivity index (χ2n) is 5.47. The van der Waals surface area contributed by atoms with E-state index in [1.54, 1.807) is 6.07 Å². The summed E-state index contributed by atoms with van der Waals surface area (Å²) >= 11 is 0. The lowest BCUT2D eigenvalue weighted by Crippen LogP contribution is -2.46. The zero-order valence-electron chi connectivity index (χ0n) is 11.0. The van der Waals surface area contributed by atoms with E-state index < -0.39 is 0 Å². The van der Waals surface area contributed by atoms with Crippen LogP contribution in [0.5, 0.6) is 0 Å². The fraction of sp³-hybridized carbons (Fsp3) is 0.467. The van der Waals surface area contributed by atoms with E-state index in [9.17, 15) is 9.59 Å². The molecule has 1 aliphatic heterocycles. The molecule has 0 unspecified atom stereocenters. The van der Waals surface area contributed by atoms with Crippen molar-refractivity contribution >= 4 is 11.9 Å². The Balaban J connectivity index is 1.91. The van der Waals surface area contributed by atoms with Crippen LogP contribution in [0.1, 0.15) is 34.3 Å². The quantitative estimate of drug-likeness (QED) is 0.777. The number of carbonyl (C=O) groups excluding carboxylic acids is 2. The van der Waals surface area contributed by atoms with Gasteiger partial charge in [0.25, 0.3) is 0 Å². The molecule has 0 bridgehead atoms. The number of hydrogen-bond donors (Lipinski definition) is 1. The molecule has 1 fully saturated rings. The minimum absolute atomic E-state index is 0.162. The molecule has 0 aromatic heterocycles. The largest absolute Gasteiger partial charge is 0.465 e. The number of ether oxygens (including phenoxy) is 1. The van der Waals surface area contributed by atoms with Gasteiger partial charge in [0, 0.05) is 6.54 Å². The van der Waals surface area contributed by atoms with Gasteiger partial charge in [-0.2, -0.15) is 0 Å². The Morgan fingerprint density at radius 2 is 2.11 bits per heavy atom. The molecule has 2 aliphatic rings. The lowest BCUT2D eigenvalue weighted by Gasteiger charge is -2.31. The van der Waals surface area contributed by atoms with Crippen molar-refractivity contribution in [3.63, 3.8) is 0 Å². The van der Waals surface area contributed by atoms with Crippen molar-refractivity contribution < 1.29 is 14.3 Å². The van der Waals surface area contributed by atoms with Gasteiger partial charge in [-0.15, -0.1) is 0 Å². The Morgan fingerprint density at radius 3 is 2.84 bits per heavy atom. The topological polar surface area (TPSA) is 55.4 Å². The van der Waals surface area contributed by atoms with E-state index in [2.05, 4.69) is 5.32 Å². The molecular weight excluding hydrogens is 242 g/mol. The fourth-order valence-corrected chi connectivity index (χ4v) is 3.27. The van der Waals surface area contributed by atoms with Crippen molar-refractivity contribution in [2.24, 2.45) is 5.41 Å². The summed E-state index contributed by atoms with van der Waals surface area (Å²) in [5.41, 5.74) is 2.58. The number of esters is 1. The van der Waals surface area contributed by atoms with E-state index >= 15 is 0 Å².